The van der Waals surface area contributed by atoms with E-state index in [4.69, 9.17) is 0 Å². The van der Waals surface area contributed by atoms with Gasteiger partial charge in [0.1, 0.15) is 11.4 Å². The van der Waals surface area contributed by atoms with Crippen LogP contribution in [0.3, 0.4) is 0 Å². The Balaban J connectivity index is 1.28. The minimum atomic E-state index is -3.61. The summed E-state index contributed by atoms with van der Waals surface area (Å²) in [5.41, 5.74) is 4.68. The molecule has 1 aliphatic carbocycles. The molecule has 2 amide bonds. The first kappa shape index (κ1) is 25.0. The maximum absolute atomic E-state index is 13.4. The highest BCUT2D eigenvalue weighted by molar-refractivity contribution is 7.91. The Hall–Kier alpha value is -3.66. The van der Waals surface area contributed by atoms with E-state index in [0.717, 1.165) is 24.5 Å². The van der Waals surface area contributed by atoms with Crippen LogP contribution in [0, 0.1) is 13.8 Å². The highest BCUT2D eigenvalue weighted by atomic mass is 32.2. The van der Waals surface area contributed by atoms with Gasteiger partial charge >= 0.3 is 0 Å². The van der Waals surface area contributed by atoms with Gasteiger partial charge in [0.25, 0.3) is 11.8 Å². The van der Waals surface area contributed by atoms with Crippen molar-refractivity contribution < 1.29 is 18.0 Å². The minimum absolute atomic E-state index is 0.209. The molecule has 0 saturated heterocycles. The number of hydrogen-bond donors (Lipinski definition) is 2. The second-order valence-electron chi connectivity index (χ2n) is 9.91. The molecule has 2 aromatic carbocycles. The van der Waals surface area contributed by atoms with Gasteiger partial charge in [0.05, 0.1) is 23.5 Å². The Bertz CT molecular complexity index is 1460. The monoisotopic (exact) mass is 521 g/mol. The van der Waals surface area contributed by atoms with Crippen LogP contribution < -0.4 is 14.9 Å². The summed E-state index contributed by atoms with van der Waals surface area (Å²) in [7, 11) is -3.61. The lowest BCUT2D eigenvalue weighted by Crippen LogP contribution is -2.33. The number of nitrogens with zero attached hydrogens (tertiary/aromatic N) is 3. The number of benzene rings is 2. The minimum Gasteiger partial charge on any atom is -0.350 e. The normalized spacial score (nSPS) is 15.8. The lowest BCUT2D eigenvalue weighted by Gasteiger charge is -2.20. The van der Waals surface area contributed by atoms with Crippen LogP contribution >= 0.6 is 0 Å². The number of amides is 2. The van der Waals surface area contributed by atoms with Gasteiger partial charge in [0.2, 0.25) is 10.0 Å². The molecule has 1 saturated carbocycles. The van der Waals surface area contributed by atoms with Crippen LogP contribution in [0.25, 0.3) is 0 Å². The predicted octanol–water partition coefficient (Wildman–Crippen LogP) is 3.23. The van der Waals surface area contributed by atoms with Gasteiger partial charge in [-0.1, -0.05) is 42.0 Å². The third-order valence-corrected chi connectivity index (χ3v) is 8.70. The second-order valence-corrected chi connectivity index (χ2v) is 11.9. The summed E-state index contributed by atoms with van der Waals surface area (Å²) in [5, 5.41) is 7.19. The van der Waals surface area contributed by atoms with E-state index in [1.54, 1.807) is 24.3 Å². The van der Waals surface area contributed by atoms with Gasteiger partial charge in [-0.25, -0.2) is 17.8 Å². The largest absolute Gasteiger partial charge is 0.350 e. The quantitative estimate of drug-likeness (QED) is 0.471. The molecule has 194 valence electrons. The van der Waals surface area contributed by atoms with E-state index in [1.165, 1.54) is 11.1 Å². The zero-order valence-electron chi connectivity index (χ0n) is 21.2. The van der Waals surface area contributed by atoms with E-state index in [9.17, 15) is 18.0 Å². The first-order valence-corrected chi connectivity index (χ1v) is 14.0. The summed E-state index contributed by atoms with van der Waals surface area (Å²) in [5.74, 6) is -0.0257. The van der Waals surface area contributed by atoms with Crippen LogP contribution in [0.2, 0.25) is 0 Å². The molecule has 1 aliphatic heterocycles. The van der Waals surface area contributed by atoms with Crippen LogP contribution in [-0.2, 0) is 23.1 Å². The molecule has 0 spiro atoms. The number of aromatic nitrogens is 2. The molecule has 2 aliphatic rings. The molecule has 1 fully saturated rings. The van der Waals surface area contributed by atoms with Crippen LogP contribution in [0.4, 0.5) is 5.82 Å². The van der Waals surface area contributed by atoms with Crippen molar-refractivity contribution >= 4 is 27.7 Å². The zero-order chi connectivity index (χ0) is 26.3. The van der Waals surface area contributed by atoms with E-state index >= 15 is 0 Å². The highest BCUT2D eigenvalue weighted by Gasteiger charge is 2.37. The van der Waals surface area contributed by atoms with Crippen molar-refractivity contribution in [1.82, 2.24) is 19.8 Å². The molecule has 0 radical (unpaired) electrons. The van der Waals surface area contributed by atoms with Crippen molar-refractivity contribution in [2.24, 2.45) is 0 Å². The van der Waals surface area contributed by atoms with Crippen molar-refractivity contribution in [2.45, 2.75) is 58.0 Å². The Morgan fingerprint density at radius 2 is 1.78 bits per heavy atom. The summed E-state index contributed by atoms with van der Waals surface area (Å²) in [6.45, 7) is 7.99. The fourth-order valence-electron chi connectivity index (χ4n) is 4.74. The fourth-order valence-corrected chi connectivity index (χ4v) is 6.04. The molecule has 37 heavy (non-hydrogen) atoms. The standard InChI is InChI=1S/C27H31N5O4S/c1-17-5-4-6-20(15-17)16-31-13-14-32-27(31)24(19(3)29-32)26(34)28-18(2)21-7-9-22(10-8-21)25(33)30-37(35,36)23-11-12-23/h4-10,15,18,23H,11-14,16H2,1-3H3,(H,28,34)(H,30,33)/t18-/m0/s1. The van der Waals surface area contributed by atoms with Crippen molar-refractivity contribution in [1.29, 1.82) is 0 Å². The molecule has 1 atom stereocenters. The number of hydrogen-bond acceptors (Lipinski definition) is 6. The Morgan fingerprint density at radius 1 is 1.05 bits per heavy atom. The average molecular weight is 522 g/mol. The Kier molecular flexibility index (Phi) is 6.53. The van der Waals surface area contributed by atoms with E-state index < -0.39 is 21.2 Å². The topological polar surface area (TPSA) is 113 Å². The van der Waals surface area contributed by atoms with Crippen LogP contribution in [0.5, 0.6) is 0 Å². The average Bonchev–Trinajstić information content (AvgIpc) is 3.58. The molecule has 1 aromatic heterocycles. The molecular formula is C27H31N5O4S. The van der Waals surface area contributed by atoms with E-state index in [-0.39, 0.29) is 17.5 Å². The van der Waals surface area contributed by atoms with Crippen molar-refractivity contribution in [3.8, 4) is 0 Å². The lowest BCUT2D eigenvalue weighted by molar-refractivity contribution is 0.0937. The summed E-state index contributed by atoms with van der Waals surface area (Å²) in [6, 6.07) is 14.6. The van der Waals surface area contributed by atoms with Crippen LogP contribution in [-0.4, -0.2) is 41.8 Å². The third-order valence-electron chi connectivity index (χ3n) is 6.88. The molecule has 2 heterocycles. The van der Waals surface area contributed by atoms with Gasteiger partial charge in [-0.2, -0.15) is 5.10 Å². The smallest absolute Gasteiger partial charge is 0.264 e. The number of fused-ring (bicyclic) bond motifs is 1. The number of sulfonamides is 1. The Morgan fingerprint density at radius 3 is 2.46 bits per heavy atom. The maximum atomic E-state index is 13.4. The molecule has 5 rings (SSSR count). The number of rotatable bonds is 8. The molecule has 3 aromatic rings. The first-order chi connectivity index (χ1) is 17.6. The van der Waals surface area contributed by atoms with Gasteiger partial charge in [-0.3, -0.25) is 9.59 Å². The van der Waals surface area contributed by atoms with Gasteiger partial charge in [0.15, 0.2) is 0 Å². The van der Waals surface area contributed by atoms with Gasteiger partial charge in [0, 0.05) is 18.7 Å². The summed E-state index contributed by atoms with van der Waals surface area (Å²) >= 11 is 0. The second kappa shape index (κ2) is 9.66. The van der Waals surface area contributed by atoms with Gasteiger partial charge in [-0.15, -0.1) is 0 Å². The van der Waals surface area contributed by atoms with Crippen molar-refractivity contribution in [3.05, 3.63) is 82.0 Å². The summed E-state index contributed by atoms with van der Waals surface area (Å²) in [6.07, 6.45) is 1.17. The first-order valence-electron chi connectivity index (χ1n) is 12.5. The van der Waals surface area contributed by atoms with Crippen molar-refractivity contribution in [3.63, 3.8) is 0 Å². The predicted molar refractivity (Wildman–Crippen MR) is 141 cm³/mol. The SMILES string of the molecule is Cc1cccc(CN2CCn3nc(C)c(C(=O)N[C@@H](C)c4ccc(C(=O)NS(=O)(=O)C5CC5)cc4)c32)c1. The molecule has 0 bridgehead atoms. The number of aryl methyl sites for hydroxylation is 2. The zero-order valence-corrected chi connectivity index (χ0v) is 22.0. The number of anilines is 1. The molecular weight excluding hydrogens is 490 g/mol. The van der Waals surface area contributed by atoms with Crippen molar-refractivity contribution in [2.75, 3.05) is 11.4 Å². The maximum Gasteiger partial charge on any atom is 0.264 e. The van der Waals surface area contributed by atoms with Crippen LogP contribution in [0.15, 0.2) is 48.5 Å². The molecule has 9 nitrogen and oxygen atoms in total. The molecule has 2 N–H and O–H groups in total. The van der Waals surface area contributed by atoms with E-state index in [1.807, 2.05) is 24.6 Å². The fraction of sp³-hybridized carbons (Fsp3) is 0.370. The summed E-state index contributed by atoms with van der Waals surface area (Å²) in [4.78, 5) is 28.0. The van der Waals surface area contributed by atoms with E-state index in [0.29, 0.717) is 30.6 Å². The van der Waals surface area contributed by atoms with Gasteiger partial charge < -0.3 is 10.2 Å². The lowest BCUT2D eigenvalue weighted by atomic mass is 10.1. The molecule has 10 heteroatoms. The third kappa shape index (κ3) is 5.24. The van der Waals surface area contributed by atoms with Gasteiger partial charge in [-0.05, 0) is 56.9 Å². The number of nitrogens with one attached hydrogen (secondary N) is 2. The highest BCUT2D eigenvalue weighted by Crippen LogP contribution is 2.31. The Labute approximate surface area is 216 Å². The summed E-state index contributed by atoms with van der Waals surface area (Å²) < 4.78 is 28.1. The molecule has 0 unspecified atom stereocenters. The van der Waals surface area contributed by atoms with E-state index in [2.05, 4.69) is 45.2 Å². The number of carbonyl (C=O) groups excluding carboxylic acids is 2. The van der Waals surface area contributed by atoms with Crippen LogP contribution in [0.1, 0.15) is 68.9 Å². The number of carbonyl (C=O) groups is 2.